The van der Waals surface area contributed by atoms with Crippen LogP contribution in [0.25, 0.3) is 0 Å². The maximum Gasteiger partial charge on any atom is 0.271 e. The molecule has 0 aliphatic carbocycles. The Hall–Kier alpha value is -2.82. The molecule has 0 heterocycles. The van der Waals surface area contributed by atoms with Gasteiger partial charge in [-0.05, 0) is 95.7 Å². The molecule has 10 heteroatoms. The predicted octanol–water partition coefficient (Wildman–Crippen LogP) is 5.78. The first-order valence-corrected chi connectivity index (χ1v) is 11.9. The predicted molar refractivity (Wildman–Crippen MR) is 142 cm³/mol. The Morgan fingerprint density at radius 2 is 1.65 bits per heavy atom. The molecule has 0 unspecified atom stereocenters. The van der Waals surface area contributed by atoms with Crippen molar-refractivity contribution in [3.8, 4) is 11.5 Å². The molecule has 0 aliphatic rings. The zero-order valence-corrected chi connectivity index (χ0v) is 21.6. The highest BCUT2D eigenvalue weighted by molar-refractivity contribution is 14.1. The van der Waals surface area contributed by atoms with Gasteiger partial charge in [0.25, 0.3) is 11.8 Å². The van der Waals surface area contributed by atoms with Gasteiger partial charge in [0, 0.05) is 21.3 Å². The second-order valence-corrected chi connectivity index (χ2v) is 8.85. The van der Waals surface area contributed by atoms with Crippen LogP contribution in [0.15, 0.2) is 65.8 Å². The van der Waals surface area contributed by atoms with Gasteiger partial charge in [0.15, 0.2) is 18.1 Å². The molecule has 0 saturated heterocycles. The number of anilines is 1. The molecule has 0 spiro atoms. The number of benzene rings is 3. The molecule has 0 radical (unpaired) electrons. The van der Waals surface area contributed by atoms with E-state index >= 15 is 0 Å². The topological polar surface area (TPSA) is 89.0 Å². The Morgan fingerprint density at radius 3 is 2.29 bits per heavy atom. The number of hydrogen-bond donors (Lipinski definition) is 2. The molecule has 0 fully saturated rings. The van der Waals surface area contributed by atoms with Crippen LogP contribution in [0.3, 0.4) is 0 Å². The first kappa shape index (κ1) is 25.8. The fourth-order valence-electron chi connectivity index (χ4n) is 2.76. The normalized spacial score (nSPS) is 10.7. The zero-order chi connectivity index (χ0) is 24.5. The summed E-state index contributed by atoms with van der Waals surface area (Å²) in [7, 11) is 0. The Kier molecular flexibility index (Phi) is 9.55. The fraction of sp³-hybridized carbons (Fsp3) is 0.125. The molecule has 2 amide bonds. The van der Waals surface area contributed by atoms with E-state index in [1.807, 2.05) is 6.92 Å². The highest BCUT2D eigenvalue weighted by atomic mass is 127. The molecule has 3 rings (SSSR count). The standard InChI is InChI=1S/C24H20Cl2IN3O4/c1-2-33-21-12-15(13-28-30-24(32)16-3-5-17(25)6-4-16)11-20(27)23(21)34-14-22(31)29-19-9-7-18(26)8-10-19/h3-13H,2,14H2,1H3,(H,29,31)(H,30,32)/b28-13+. The Labute approximate surface area is 220 Å². The van der Waals surface area contributed by atoms with Crippen molar-refractivity contribution in [3.63, 3.8) is 0 Å². The van der Waals surface area contributed by atoms with Gasteiger partial charge in [-0.2, -0.15) is 5.10 Å². The summed E-state index contributed by atoms with van der Waals surface area (Å²) in [6, 6.07) is 16.8. The second kappa shape index (κ2) is 12.6. The van der Waals surface area contributed by atoms with Gasteiger partial charge >= 0.3 is 0 Å². The van der Waals surface area contributed by atoms with E-state index in [1.54, 1.807) is 60.7 Å². The number of hydrazone groups is 1. The van der Waals surface area contributed by atoms with Gasteiger partial charge in [0.05, 0.1) is 16.4 Å². The highest BCUT2D eigenvalue weighted by Gasteiger charge is 2.14. The molecule has 3 aromatic rings. The summed E-state index contributed by atoms with van der Waals surface area (Å²) in [5, 5.41) is 7.88. The van der Waals surface area contributed by atoms with Gasteiger partial charge in [-0.1, -0.05) is 23.2 Å². The number of rotatable bonds is 9. The van der Waals surface area contributed by atoms with E-state index in [2.05, 4.69) is 38.4 Å². The van der Waals surface area contributed by atoms with E-state index in [0.29, 0.717) is 48.5 Å². The summed E-state index contributed by atoms with van der Waals surface area (Å²) in [5.41, 5.74) is 4.21. The number of carbonyl (C=O) groups is 2. The molecule has 7 nitrogen and oxygen atoms in total. The molecule has 3 aromatic carbocycles. The molecule has 176 valence electrons. The van der Waals surface area contributed by atoms with Crippen LogP contribution >= 0.6 is 45.8 Å². The lowest BCUT2D eigenvalue weighted by Crippen LogP contribution is -2.20. The zero-order valence-electron chi connectivity index (χ0n) is 18.0. The van der Waals surface area contributed by atoms with Crippen LogP contribution in [0.1, 0.15) is 22.8 Å². The Balaban J connectivity index is 1.65. The summed E-state index contributed by atoms with van der Waals surface area (Å²) in [5.74, 6) is 0.214. The van der Waals surface area contributed by atoms with Gasteiger partial charge in [-0.15, -0.1) is 0 Å². The number of hydrogen-bond acceptors (Lipinski definition) is 5. The summed E-state index contributed by atoms with van der Waals surface area (Å²) in [4.78, 5) is 24.5. The first-order chi connectivity index (χ1) is 16.4. The number of nitrogens with zero attached hydrogens (tertiary/aromatic N) is 1. The molecule has 0 bridgehead atoms. The average molecular weight is 612 g/mol. The van der Waals surface area contributed by atoms with Gasteiger partial charge in [-0.3, -0.25) is 9.59 Å². The third-order valence-electron chi connectivity index (χ3n) is 4.29. The summed E-state index contributed by atoms with van der Waals surface area (Å²) < 4.78 is 12.2. The van der Waals surface area contributed by atoms with Crippen LogP contribution in [0, 0.1) is 3.57 Å². The smallest absolute Gasteiger partial charge is 0.271 e. The van der Waals surface area contributed by atoms with Crippen LogP contribution in [-0.2, 0) is 4.79 Å². The van der Waals surface area contributed by atoms with Crippen molar-refractivity contribution in [2.45, 2.75) is 6.92 Å². The summed E-state index contributed by atoms with van der Waals surface area (Å²) in [6.07, 6.45) is 1.50. The van der Waals surface area contributed by atoms with Crippen molar-refractivity contribution < 1.29 is 19.1 Å². The lowest BCUT2D eigenvalue weighted by Gasteiger charge is -2.14. The van der Waals surface area contributed by atoms with E-state index in [4.69, 9.17) is 32.7 Å². The maximum absolute atomic E-state index is 12.3. The Bertz CT molecular complexity index is 1190. The number of ether oxygens (including phenoxy) is 2. The van der Waals surface area contributed by atoms with E-state index in [1.165, 1.54) is 6.21 Å². The lowest BCUT2D eigenvalue weighted by atomic mass is 10.2. The van der Waals surface area contributed by atoms with Gasteiger partial charge < -0.3 is 14.8 Å². The molecule has 0 aliphatic heterocycles. The third-order valence-corrected chi connectivity index (χ3v) is 5.60. The van der Waals surface area contributed by atoms with Crippen LogP contribution in [0.2, 0.25) is 10.0 Å². The minimum absolute atomic E-state index is 0.205. The van der Waals surface area contributed by atoms with E-state index in [9.17, 15) is 9.59 Å². The first-order valence-electron chi connectivity index (χ1n) is 10.1. The number of nitrogens with one attached hydrogen (secondary N) is 2. The van der Waals surface area contributed by atoms with Crippen LogP contribution < -0.4 is 20.2 Å². The molecule has 0 saturated carbocycles. The van der Waals surface area contributed by atoms with Crippen molar-refractivity contribution in [2.75, 3.05) is 18.5 Å². The SMILES string of the molecule is CCOc1cc(/C=N/NC(=O)c2ccc(Cl)cc2)cc(I)c1OCC(=O)Nc1ccc(Cl)cc1. The number of carbonyl (C=O) groups excluding carboxylic acids is 2. The average Bonchev–Trinajstić information content (AvgIpc) is 2.80. The minimum Gasteiger partial charge on any atom is -0.490 e. The minimum atomic E-state index is -0.362. The molecule has 0 atom stereocenters. The van der Waals surface area contributed by atoms with Crippen LogP contribution in [0.4, 0.5) is 5.69 Å². The van der Waals surface area contributed by atoms with Crippen LogP contribution in [0.5, 0.6) is 11.5 Å². The van der Waals surface area contributed by atoms with E-state index < -0.39 is 0 Å². The van der Waals surface area contributed by atoms with Crippen molar-refractivity contribution in [1.82, 2.24) is 5.43 Å². The number of amides is 2. The van der Waals surface area contributed by atoms with E-state index in [-0.39, 0.29) is 18.4 Å². The highest BCUT2D eigenvalue weighted by Crippen LogP contribution is 2.34. The molecule has 0 aromatic heterocycles. The fourth-order valence-corrected chi connectivity index (χ4v) is 3.80. The monoisotopic (exact) mass is 611 g/mol. The molecule has 34 heavy (non-hydrogen) atoms. The largest absolute Gasteiger partial charge is 0.490 e. The van der Waals surface area contributed by atoms with E-state index in [0.717, 1.165) is 0 Å². The van der Waals surface area contributed by atoms with Crippen molar-refractivity contribution in [1.29, 1.82) is 0 Å². The van der Waals surface area contributed by atoms with Crippen molar-refractivity contribution in [2.24, 2.45) is 5.10 Å². The third kappa shape index (κ3) is 7.61. The van der Waals surface area contributed by atoms with Crippen molar-refractivity contribution >= 4 is 69.5 Å². The van der Waals surface area contributed by atoms with Crippen molar-refractivity contribution in [3.05, 3.63) is 85.4 Å². The maximum atomic E-state index is 12.3. The number of halogens is 3. The molecular formula is C24H20Cl2IN3O4. The Morgan fingerprint density at radius 1 is 1.00 bits per heavy atom. The van der Waals surface area contributed by atoms with Crippen LogP contribution in [-0.4, -0.2) is 31.2 Å². The lowest BCUT2D eigenvalue weighted by molar-refractivity contribution is -0.118. The second-order valence-electron chi connectivity index (χ2n) is 6.81. The quantitative estimate of drug-likeness (QED) is 0.182. The van der Waals surface area contributed by atoms with Gasteiger partial charge in [-0.25, -0.2) is 5.43 Å². The summed E-state index contributed by atoms with van der Waals surface area (Å²) in [6.45, 7) is 2.04. The van der Waals surface area contributed by atoms with Gasteiger partial charge in [0.2, 0.25) is 0 Å². The van der Waals surface area contributed by atoms with Gasteiger partial charge in [0.1, 0.15) is 0 Å². The molecule has 2 N–H and O–H groups in total. The molecular weight excluding hydrogens is 592 g/mol. The summed E-state index contributed by atoms with van der Waals surface area (Å²) >= 11 is 13.8.